The molecule has 1 atom stereocenters. The number of rotatable bonds is 5. The molecule has 4 N–H and O–H groups in total. The first kappa shape index (κ1) is 13.7. The number of aliphatic hydroxyl groups excluding tert-OH is 1. The van der Waals surface area contributed by atoms with Crippen LogP contribution in [0.3, 0.4) is 0 Å². The second-order valence-corrected chi connectivity index (χ2v) is 4.37. The Morgan fingerprint density at radius 1 is 1.35 bits per heavy atom. The molecule has 0 aliphatic heterocycles. The van der Waals surface area contributed by atoms with Crippen molar-refractivity contribution in [1.29, 1.82) is 0 Å². The predicted octanol–water partition coefficient (Wildman–Crippen LogP) is 0.746. The predicted molar refractivity (Wildman–Crippen MR) is 67.4 cm³/mol. The van der Waals surface area contributed by atoms with Gasteiger partial charge in [-0.05, 0) is 17.0 Å². The van der Waals surface area contributed by atoms with Gasteiger partial charge < -0.3 is 16.2 Å². The molecule has 0 aromatic heterocycles. The molecule has 1 aromatic rings. The summed E-state index contributed by atoms with van der Waals surface area (Å²) in [7, 11) is 0. The summed E-state index contributed by atoms with van der Waals surface area (Å²) in [6.07, 6.45) is -1.12. The van der Waals surface area contributed by atoms with Crippen molar-refractivity contribution in [2.24, 2.45) is 5.73 Å². The molecule has 4 heteroatoms. The lowest BCUT2D eigenvalue weighted by atomic mass is 10.0. The highest BCUT2D eigenvalue weighted by atomic mass is 16.3. The zero-order chi connectivity index (χ0) is 12.8. The van der Waals surface area contributed by atoms with E-state index in [4.69, 9.17) is 5.73 Å². The topological polar surface area (TPSA) is 75.3 Å². The van der Waals surface area contributed by atoms with Crippen LogP contribution in [0.2, 0.25) is 0 Å². The van der Waals surface area contributed by atoms with Crippen molar-refractivity contribution in [1.82, 2.24) is 5.32 Å². The fraction of sp³-hybridized carbons (Fsp3) is 0.462. The molecule has 94 valence electrons. The van der Waals surface area contributed by atoms with Crippen LogP contribution in [-0.2, 0) is 11.3 Å². The molecule has 1 unspecified atom stereocenters. The summed E-state index contributed by atoms with van der Waals surface area (Å²) in [5.41, 5.74) is 7.46. The summed E-state index contributed by atoms with van der Waals surface area (Å²) in [5.74, 6) is 0.0677. The monoisotopic (exact) mass is 236 g/mol. The minimum absolute atomic E-state index is 0.0574. The van der Waals surface area contributed by atoms with Gasteiger partial charge in [0, 0.05) is 13.1 Å². The van der Waals surface area contributed by atoms with E-state index < -0.39 is 12.0 Å². The van der Waals surface area contributed by atoms with Crippen LogP contribution in [0.5, 0.6) is 0 Å². The summed E-state index contributed by atoms with van der Waals surface area (Å²) in [4.78, 5) is 11.3. The molecule has 0 bridgehead atoms. The van der Waals surface area contributed by atoms with E-state index in [0.29, 0.717) is 12.5 Å². The maximum atomic E-state index is 11.3. The number of aliphatic hydroxyl groups is 1. The van der Waals surface area contributed by atoms with Gasteiger partial charge in [-0.3, -0.25) is 4.79 Å². The normalized spacial score (nSPS) is 12.5. The van der Waals surface area contributed by atoms with Gasteiger partial charge in [-0.25, -0.2) is 0 Å². The SMILES string of the molecule is CC(C)c1ccc(CNC(=O)C(O)CN)cc1. The van der Waals surface area contributed by atoms with Crippen LogP contribution < -0.4 is 11.1 Å². The maximum Gasteiger partial charge on any atom is 0.250 e. The molecular weight excluding hydrogens is 216 g/mol. The fourth-order valence-electron chi connectivity index (χ4n) is 1.43. The van der Waals surface area contributed by atoms with Crippen molar-refractivity contribution in [2.45, 2.75) is 32.4 Å². The van der Waals surface area contributed by atoms with Crippen LogP contribution in [0, 0.1) is 0 Å². The van der Waals surface area contributed by atoms with Gasteiger partial charge in [0.15, 0.2) is 0 Å². The Hall–Kier alpha value is -1.39. The Morgan fingerprint density at radius 3 is 2.41 bits per heavy atom. The van der Waals surface area contributed by atoms with E-state index in [-0.39, 0.29) is 6.54 Å². The number of carbonyl (C=O) groups excluding carboxylic acids is 1. The van der Waals surface area contributed by atoms with E-state index in [0.717, 1.165) is 5.56 Å². The number of amides is 1. The number of hydrogen-bond donors (Lipinski definition) is 3. The average molecular weight is 236 g/mol. The van der Waals surface area contributed by atoms with Crippen molar-refractivity contribution in [3.63, 3.8) is 0 Å². The minimum Gasteiger partial charge on any atom is -0.382 e. The quantitative estimate of drug-likeness (QED) is 0.706. The highest BCUT2D eigenvalue weighted by Gasteiger charge is 2.11. The first-order valence-electron chi connectivity index (χ1n) is 5.79. The number of carbonyl (C=O) groups is 1. The number of nitrogens with two attached hydrogens (primary N) is 1. The van der Waals surface area contributed by atoms with Gasteiger partial charge in [0.2, 0.25) is 5.91 Å². The van der Waals surface area contributed by atoms with Crippen molar-refractivity contribution in [3.05, 3.63) is 35.4 Å². The van der Waals surface area contributed by atoms with Gasteiger partial charge >= 0.3 is 0 Å². The minimum atomic E-state index is -1.12. The lowest BCUT2D eigenvalue weighted by molar-refractivity contribution is -0.128. The highest BCUT2D eigenvalue weighted by Crippen LogP contribution is 2.14. The Labute approximate surface area is 102 Å². The Bertz CT molecular complexity index is 360. The van der Waals surface area contributed by atoms with Gasteiger partial charge in [0.1, 0.15) is 6.10 Å². The maximum absolute atomic E-state index is 11.3. The molecule has 1 amide bonds. The summed E-state index contributed by atoms with van der Waals surface area (Å²) in [6, 6.07) is 8.05. The smallest absolute Gasteiger partial charge is 0.250 e. The third-order valence-electron chi connectivity index (χ3n) is 2.64. The lowest BCUT2D eigenvalue weighted by Gasteiger charge is -2.10. The van der Waals surface area contributed by atoms with Gasteiger partial charge in [0.05, 0.1) is 0 Å². The molecule has 0 fully saturated rings. The summed E-state index contributed by atoms with van der Waals surface area (Å²) < 4.78 is 0. The highest BCUT2D eigenvalue weighted by molar-refractivity contribution is 5.80. The molecule has 4 nitrogen and oxygen atoms in total. The molecule has 1 aromatic carbocycles. The van der Waals surface area contributed by atoms with Crippen LogP contribution in [0.1, 0.15) is 30.9 Å². The lowest BCUT2D eigenvalue weighted by Crippen LogP contribution is -2.38. The molecule has 0 saturated carbocycles. The van der Waals surface area contributed by atoms with Crippen LogP contribution in [0.25, 0.3) is 0 Å². The van der Waals surface area contributed by atoms with E-state index >= 15 is 0 Å². The number of hydrogen-bond acceptors (Lipinski definition) is 3. The standard InChI is InChI=1S/C13H20N2O2/c1-9(2)11-5-3-10(4-6-11)8-15-13(17)12(16)7-14/h3-6,9,12,16H,7-8,14H2,1-2H3,(H,15,17). The second kappa shape index (κ2) is 6.37. The summed E-state index contributed by atoms with van der Waals surface area (Å²) in [6.45, 7) is 4.62. The van der Waals surface area contributed by atoms with E-state index in [9.17, 15) is 9.90 Å². The van der Waals surface area contributed by atoms with Crippen LogP contribution in [0.4, 0.5) is 0 Å². The van der Waals surface area contributed by atoms with Crippen molar-refractivity contribution >= 4 is 5.91 Å². The Balaban J connectivity index is 2.50. The van der Waals surface area contributed by atoms with Crippen molar-refractivity contribution < 1.29 is 9.90 Å². The number of benzene rings is 1. The first-order chi connectivity index (χ1) is 8.04. The molecule has 17 heavy (non-hydrogen) atoms. The molecule has 0 aliphatic rings. The van der Waals surface area contributed by atoms with Gasteiger partial charge in [-0.1, -0.05) is 38.1 Å². The second-order valence-electron chi connectivity index (χ2n) is 4.37. The average Bonchev–Trinajstić information content (AvgIpc) is 2.35. The van der Waals surface area contributed by atoms with Crippen LogP contribution >= 0.6 is 0 Å². The molecule has 0 heterocycles. The molecule has 0 spiro atoms. The van der Waals surface area contributed by atoms with E-state index in [1.54, 1.807) is 0 Å². The van der Waals surface area contributed by atoms with Crippen molar-refractivity contribution in [3.8, 4) is 0 Å². The first-order valence-corrected chi connectivity index (χ1v) is 5.79. The van der Waals surface area contributed by atoms with Crippen LogP contribution in [0.15, 0.2) is 24.3 Å². The van der Waals surface area contributed by atoms with Gasteiger partial charge in [0.25, 0.3) is 0 Å². The molecule has 0 radical (unpaired) electrons. The van der Waals surface area contributed by atoms with Crippen LogP contribution in [-0.4, -0.2) is 23.7 Å². The Kier molecular flexibility index (Phi) is 5.12. The van der Waals surface area contributed by atoms with Crippen molar-refractivity contribution in [2.75, 3.05) is 6.54 Å². The zero-order valence-electron chi connectivity index (χ0n) is 10.3. The largest absolute Gasteiger partial charge is 0.382 e. The van der Waals surface area contributed by atoms with E-state index in [1.165, 1.54) is 5.56 Å². The summed E-state index contributed by atoms with van der Waals surface area (Å²) >= 11 is 0. The fourth-order valence-corrected chi connectivity index (χ4v) is 1.43. The van der Waals surface area contributed by atoms with Gasteiger partial charge in [-0.15, -0.1) is 0 Å². The third kappa shape index (κ3) is 4.17. The van der Waals surface area contributed by atoms with E-state index in [1.807, 2.05) is 24.3 Å². The number of nitrogens with one attached hydrogen (secondary N) is 1. The molecular formula is C13H20N2O2. The third-order valence-corrected chi connectivity index (χ3v) is 2.64. The molecule has 0 saturated heterocycles. The zero-order valence-corrected chi connectivity index (χ0v) is 10.3. The molecule has 0 aliphatic carbocycles. The van der Waals surface area contributed by atoms with Gasteiger partial charge in [-0.2, -0.15) is 0 Å². The summed E-state index contributed by atoms with van der Waals surface area (Å²) in [5, 5.41) is 11.8. The Morgan fingerprint density at radius 2 is 1.94 bits per heavy atom. The molecule has 1 rings (SSSR count). The van der Waals surface area contributed by atoms with E-state index in [2.05, 4.69) is 19.2 Å².